The Morgan fingerprint density at radius 3 is 2.76 bits per heavy atom. The maximum absolute atomic E-state index is 12.3. The fraction of sp³-hybridized carbons (Fsp3) is 0.600. The quantitative estimate of drug-likeness (QED) is 0.782. The molecule has 2 unspecified atom stereocenters. The maximum Gasteiger partial charge on any atom is 0.239 e. The first kappa shape index (κ1) is 14.4. The molecule has 2 atom stereocenters. The topological polar surface area (TPSA) is 68.7 Å². The van der Waals surface area contributed by atoms with Crippen LogP contribution in [0.5, 0.6) is 0 Å². The second-order valence-corrected chi connectivity index (χ2v) is 5.77. The molecule has 2 aliphatic heterocycles. The first-order chi connectivity index (χ1) is 10.2. The number of hydrogen-bond donors (Lipinski definition) is 2. The summed E-state index contributed by atoms with van der Waals surface area (Å²) in [5, 5.41) is 12.6. The van der Waals surface area contributed by atoms with E-state index in [4.69, 9.17) is 0 Å². The summed E-state index contributed by atoms with van der Waals surface area (Å²) in [6.45, 7) is 4.61. The Bertz CT molecular complexity index is 474. The van der Waals surface area contributed by atoms with Crippen molar-refractivity contribution in [2.24, 2.45) is 0 Å². The third-order valence-electron chi connectivity index (χ3n) is 4.20. The van der Waals surface area contributed by atoms with Crippen LogP contribution in [0.3, 0.4) is 0 Å². The van der Waals surface area contributed by atoms with Crippen molar-refractivity contribution in [3.63, 3.8) is 0 Å². The second-order valence-electron chi connectivity index (χ2n) is 5.77. The molecule has 2 N–H and O–H groups in total. The van der Waals surface area contributed by atoms with E-state index in [9.17, 15) is 9.90 Å². The molecule has 3 heterocycles. The lowest BCUT2D eigenvalue weighted by Crippen LogP contribution is -2.52. The number of aliphatic hydroxyl groups excluding tert-OH is 1. The minimum absolute atomic E-state index is 0.129. The van der Waals surface area contributed by atoms with Crippen molar-refractivity contribution in [1.82, 2.24) is 20.1 Å². The van der Waals surface area contributed by atoms with Gasteiger partial charge in [0.25, 0.3) is 0 Å². The lowest BCUT2D eigenvalue weighted by atomic mass is 10.1. The predicted molar refractivity (Wildman–Crippen MR) is 78.5 cm³/mol. The predicted octanol–water partition coefficient (Wildman–Crippen LogP) is -0.551. The number of amides is 1. The number of carbonyl (C=O) groups excluding carboxylic acids is 1. The van der Waals surface area contributed by atoms with Crippen LogP contribution in [0.4, 0.5) is 0 Å². The average Bonchev–Trinajstić information content (AvgIpc) is 2.95. The molecule has 0 spiro atoms. The summed E-state index contributed by atoms with van der Waals surface area (Å²) in [5.74, 6) is 0.129. The van der Waals surface area contributed by atoms with Gasteiger partial charge in [-0.05, 0) is 18.6 Å². The summed E-state index contributed by atoms with van der Waals surface area (Å²) < 4.78 is 0. The summed E-state index contributed by atoms with van der Waals surface area (Å²) in [5.41, 5.74) is 1.07. The monoisotopic (exact) mass is 290 g/mol. The number of nitrogens with one attached hydrogen (secondary N) is 1. The number of rotatable bonds is 3. The first-order valence-electron chi connectivity index (χ1n) is 7.55. The van der Waals surface area contributed by atoms with Gasteiger partial charge in [0.2, 0.25) is 5.91 Å². The molecule has 2 aliphatic rings. The standard InChI is InChI=1S/C15H22N4O2/c20-13-9-14(17-10-13)15(21)19-7-5-18(6-8-19)11-12-3-1-2-4-16-12/h1-4,13-14,17,20H,5-11H2. The summed E-state index contributed by atoms with van der Waals surface area (Å²) in [7, 11) is 0. The van der Waals surface area contributed by atoms with E-state index in [1.165, 1.54) is 0 Å². The van der Waals surface area contributed by atoms with Crippen molar-refractivity contribution >= 4 is 5.91 Å². The smallest absolute Gasteiger partial charge is 0.239 e. The zero-order valence-corrected chi connectivity index (χ0v) is 12.1. The molecule has 2 saturated heterocycles. The summed E-state index contributed by atoms with van der Waals surface area (Å²) >= 11 is 0. The van der Waals surface area contributed by atoms with Crippen LogP contribution in [0, 0.1) is 0 Å². The van der Waals surface area contributed by atoms with Crippen molar-refractivity contribution in [3.8, 4) is 0 Å². The van der Waals surface area contributed by atoms with Crippen LogP contribution >= 0.6 is 0 Å². The van der Waals surface area contributed by atoms with E-state index in [0.29, 0.717) is 13.0 Å². The number of piperazine rings is 1. The Labute approximate surface area is 124 Å². The van der Waals surface area contributed by atoms with Gasteiger partial charge in [0.15, 0.2) is 0 Å². The molecule has 1 amide bonds. The zero-order chi connectivity index (χ0) is 14.7. The SMILES string of the molecule is O=C(C1CC(O)CN1)N1CCN(Cc2ccccn2)CC1. The van der Waals surface area contributed by atoms with Gasteiger partial charge in [0.1, 0.15) is 0 Å². The van der Waals surface area contributed by atoms with Crippen molar-refractivity contribution in [2.75, 3.05) is 32.7 Å². The molecule has 0 aromatic carbocycles. The summed E-state index contributed by atoms with van der Waals surface area (Å²) in [4.78, 5) is 20.9. The highest BCUT2D eigenvalue weighted by Gasteiger charge is 2.32. The summed E-state index contributed by atoms with van der Waals surface area (Å²) in [6.07, 6.45) is 1.96. The molecule has 6 nitrogen and oxygen atoms in total. The van der Waals surface area contributed by atoms with Crippen molar-refractivity contribution in [2.45, 2.75) is 25.1 Å². The van der Waals surface area contributed by atoms with Crippen LogP contribution in [0.1, 0.15) is 12.1 Å². The highest BCUT2D eigenvalue weighted by molar-refractivity contribution is 5.82. The Morgan fingerprint density at radius 1 is 1.33 bits per heavy atom. The number of nitrogens with zero attached hydrogens (tertiary/aromatic N) is 3. The molecule has 6 heteroatoms. The van der Waals surface area contributed by atoms with Gasteiger partial charge < -0.3 is 15.3 Å². The van der Waals surface area contributed by atoms with Crippen LogP contribution in [-0.2, 0) is 11.3 Å². The highest BCUT2D eigenvalue weighted by Crippen LogP contribution is 2.12. The van der Waals surface area contributed by atoms with Crippen LogP contribution < -0.4 is 5.32 Å². The van der Waals surface area contributed by atoms with Gasteiger partial charge in [-0.3, -0.25) is 14.7 Å². The van der Waals surface area contributed by atoms with Crippen molar-refractivity contribution in [3.05, 3.63) is 30.1 Å². The molecular formula is C15H22N4O2. The van der Waals surface area contributed by atoms with Gasteiger partial charge in [-0.25, -0.2) is 0 Å². The zero-order valence-electron chi connectivity index (χ0n) is 12.1. The molecule has 0 radical (unpaired) electrons. The Balaban J connectivity index is 1.47. The lowest BCUT2D eigenvalue weighted by molar-refractivity contribution is -0.135. The van der Waals surface area contributed by atoms with Crippen LogP contribution in [0.2, 0.25) is 0 Å². The fourth-order valence-electron chi connectivity index (χ4n) is 2.97. The number of carbonyl (C=O) groups is 1. The van der Waals surface area contributed by atoms with Crippen molar-refractivity contribution < 1.29 is 9.90 Å². The van der Waals surface area contributed by atoms with E-state index in [1.54, 1.807) is 0 Å². The van der Waals surface area contributed by atoms with Gasteiger partial charge >= 0.3 is 0 Å². The molecule has 1 aromatic heterocycles. The maximum atomic E-state index is 12.3. The minimum Gasteiger partial charge on any atom is -0.392 e. The fourth-order valence-corrected chi connectivity index (χ4v) is 2.97. The molecule has 21 heavy (non-hydrogen) atoms. The molecule has 0 saturated carbocycles. The number of hydrogen-bond acceptors (Lipinski definition) is 5. The van der Waals surface area contributed by atoms with E-state index in [0.717, 1.165) is 38.4 Å². The molecule has 114 valence electrons. The van der Waals surface area contributed by atoms with Crippen LogP contribution in [-0.4, -0.2) is 70.7 Å². The minimum atomic E-state index is -0.385. The first-order valence-corrected chi connectivity index (χ1v) is 7.55. The Hall–Kier alpha value is -1.50. The van der Waals surface area contributed by atoms with E-state index >= 15 is 0 Å². The number of pyridine rings is 1. The van der Waals surface area contributed by atoms with E-state index in [2.05, 4.69) is 15.2 Å². The van der Waals surface area contributed by atoms with Gasteiger partial charge in [0, 0.05) is 45.5 Å². The van der Waals surface area contributed by atoms with Gasteiger partial charge in [0.05, 0.1) is 17.8 Å². The molecule has 0 bridgehead atoms. The normalized spacial score (nSPS) is 27.0. The third kappa shape index (κ3) is 3.58. The van der Waals surface area contributed by atoms with E-state index in [-0.39, 0.29) is 18.1 Å². The number of aromatic nitrogens is 1. The second kappa shape index (κ2) is 6.51. The molecular weight excluding hydrogens is 268 g/mol. The van der Waals surface area contributed by atoms with Crippen LogP contribution in [0.25, 0.3) is 0 Å². The summed E-state index contributed by atoms with van der Waals surface area (Å²) in [6, 6.07) is 5.74. The third-order valence-corrected chi connectivity index (χ3v) is 4.20. The van der Waals surface area contributed by atoms with E-state index < -0.39 is 0 Å². The van der Waals surface area contributed by atoms with Crippen molar-refractivity contribution in [1.29, 1.82) is 0 Å². The van der Waals surface area contributed by atoms with Gasteiger partial charge in [-0.2, -0.15) is 0 Å². The largest absolute Gasteiger partial charge is 0.392 e. The number of β-amino-alcohol motifs (C(OH)–C–C–N with tert-alkyl or cyclic N) is 1. The van der Waals surface area contributed by atoms with Gasteiger partial charge in [-0.15, -0.1) is 0 Å². The van der Waals surface area contributed by atoms with Gasteiger partial charge in [-0.1, -0.05) is 6.07 Å². The van der Waals surface area contributed by atoms with Crippen LogP contribution in [0.15, 0.2) is 24.4 Å². The van der Waals surface area contributed by atoms with E-state index in [1.807, 2.05) is 29.3 Å². The Morgan fingerprint density at radius 2 is 2.14 bits per heavy atom. The highest BCUT2D eigenvalue weighted by atomic mass is 16.3. The molecule has 2 fully saturated rings. The molecule has 0 aliphatic carbocycles. The lowest BCUT2D eigenvalue weighted by Gasteiger charge is -2.35. The number of aliphatic hydroxyl groups is 1. The molecule has 3 rings (SSSR count). The molecule has 1 aromatic rings. The Kier molecular flexibility index (Phi) is 4.48. The average molecular weight is 290 g/mol.